The lowest BCUT2D eigenvalue weighted by Crippen LogP contribution is -2.71. The summed E-state index contributed by atoms with van der Waals surface area (Å²) < 4.78 is 1.60. The molecular formula is C23H17N5O6S4. The van der Waals surface area contributed by atoms with Crippen molar-refractivity contribution in [1.82, 2.24) is 15.2 Å². The van der Waals surface area contributed by atoms with Gasteiger partial charge in [-0.15, -0.1) is 34.4 Å². The number of fused-ring (bicyclic) bond motifs is 2. The number of hydrogen-bond acceptors (Lipinski definition) is 12. The summed E-state index contributed by atoms with van der Waals surface area (Å²) in [6.45, 7) is 0. The van der Waals surface area contributed by atoms with E-state index in [1.807, 2.05) is 12.1 Å². The molecule has 0 aliphatic carbocycles. The number of hydrogen-bond donors (Lipinski definition) is 4. The van der Waals surface area contributed by atoms with Gasteiger partial charge in [0.15, 0.2) is 16.3 Å². The summed E-state index contributed by atoms with van der Waals surface area (Å²) in [5, 5.41) is 27.9. The van der Waals surface area contributed by atoms with Crippen molar-refractivity contribution in [3.05, 3.63) is 74.4 Å². The molecule has 2 aliphatic rings. The Morgan fingerprint density at radius 2 is 2.08 bits per heavy atom. The van der Waals surface area contributed by atoms with Crippen molar-refractivity contribution in [2.24, 2.45) is 5.16 Å². The number of allylic oxidation sites excluding steroid dienone is 1. The van der Waals surface area contributed by atoms with Gasteiger partial charge in [0, 0.05) is 27.3 Å². The number of nitrogen functional groups attached to an aromatic ring is 1. The minimum absolute atomic E-state index is 0.0555. The van der Waals surface area contributed by atoms with E-state index in [9.17, 15) is 29.5 Å². The van der Waals surface area contributed by atoms with Crippen LogP contribution in [0.4, 0.5) is 5.13 Å². The fourth-order valence-electron chi connectivity index (χ4n) is 3.91. The number of rotatable bonds is 7. The van der Waals surface area contributed by atoms with Gasteiger partial charge < -0.3 is 21.4 Å². The first kappa shape index (κ1) is 26.0. The third-order valence-corrected chi connectivity index (χ3v) is 9.66. The molecule has 15 heteroatoms. The van der Waals surface area contributed by atoms with Crippen LogP contribution >= 0.6 is 46.2 Å². The van der Waals surface area contributed by atoms with E-state index in [2.05, 4.69) is 15.5 Å². The first-order chi connectivity index (χ1) is 18.3. The molecule has 0 saturated carbocycles. The van der Waals surface area contributed by atoms with E-state index in [1.165, 1.54) is 46.3 Å². The quantitative estimate of drug-likeness (QED) is 0.106. The first-order valence-electron chi connectivity index (χ1n) is 10.8. The van der Waals surface area contributed by atoms with E-state index < -0.39 is 34.9 Å². The summed E-state index contributed by atoms with van der Waals surface area (Å²) in [5.74, 6) is -2.44. The molecule has 11 nitrogen and oxygen atoms in total. The predicted molar refractivity (Wildman–Crippen MR) is 148 cm³/mol. The van der Waals surface area contributed by atoms with Crippen LogP contribution in [0.1, 0.15) is 5.69 Å². The van der Waals surface area contributed by atoms with E-state index in [4.69, 9.17) is 5.73 Å². The Bertz CT molecular complexity index is 1630. The number of aliphatic carboxylic acids is 1. The van der Waals surface area contributed by atoms with Crippen molar-refractivity contribution < 1.29 is 24.7 Å². The van der Waals surface area contributed by atoms with Gasteiger partial charge in [0.1, 0.15) is 22.8 Å². The molecule has 0 bridgehead atoms. The molecule has 1 fully saturated rings. The predicted octanol–water partition coefficient (Wildman–Crippen LogP) is 2.52. The number of anilines is 1. The maximum Gasteiger partial charge on any atom is 0.352 e. The highest BCUT2D eigenvalue weighted by atomic mass is 32.2. The normalized spacial score (nSPS) is 19.5. The molecule has 1 saturated heterocycles. The van der Waals surface area contributed by atoms with Crippen LogP contribution in [0.15, 0.2) is 72.6 Å². The second-order valence-electron chi connectivity index (χ2n) is 7.91. The lowest BCUT2D eigenvalue weighted by molar-refractivity contribution is -0.150. The Kier molecular flexibility index (Phi) is 7.25. The van der Waals surface area contributed by atoms with Gasteiger partial charge in [-0.2, -0.15) is 0 Å². The third-order valence-electron chi connectivity index (χ3n) is 5.63. The van der Waals surface area contributed by atoms with Crippen LogP contribution in [-0.4, -0.2) is 60.9 Å². The van der Waals surface area contributed by atoms with E-state index in [-0.39, 0.29) is 27.7 Å². The fourth-order valence-corrected chi connectivity index (χ4v) is 7.76. The van der Waals surface area contributed by atoms with Crippen molar-refractivity contribution in [1.29, 1.82) is 0 Å². The maximum absolute atomic E-state index is 12.9. The van der Waals surface area contributed by atoms with Crippen LogP contribution in [-0.2, 0) is 14.4 Å². The number of nitrogens with two attached hydrogens (primary N) is 1. The van der Waals surface area contributed by atoms with E-state index in [0.29, 0.717) is 11.0 Å². The Morgan fingerprint density at radius 3 is 2.79 bits per heavy atom. The van der Waals surface area contributed by atoms with E-state index in [0.717, 1.165) is 25.1 Å². The minimum atomic E-state index is -1.27. The number of nitrogens with one attached hydrogen (secondary N) is 1. The number of thiazole rings is 1. The number of oxime groups is 1. The lowest BCUT2D eigenvalue weighted by Gasteiger charge is -2.49. The van der Waals surface area contributed by atoms with Gasteiger partial charge in [0.05, 0.1) is 4.21 Å². The Labute approximate surface area is 230 Å². The second kappa shape index (κ2) is 10.6. The molecule has 1 unspecified atom stereocenters. The summed E-state index contributed by atoms with van der Waals surface area (Å²) >= 11 is 5.08. The van der Waals surface area contributed by atoms with Crippen molar-refractivity contribution in [2.75, 3.05) is 11.5 Å². The average molecular weight is 588 g/mol. The second-order valence-corrected chi connectivity index (χ2v) is 12.2. The van der Waals surface area contributed by atoms with Gasteiger partial charge >= 0.3 is 5.97 Å². The van der Waals surface area contributed by atoms with Gasteiger partial charge in [-0.05, 0) is 29.2 Å². The monoisotopic (exact) mass is 587 g/mol. The number of benzene rings is 1. The van der Waals surface area contributed by atoms with Gasteiger partial charge in [-0.3, -0.25) is 19.3 Å². The summed E-state index contributed by atoms with van der Waals surface area (Å²) in [7, 11) is 0. The van der Waals surface area contributed by atoms with Crippen LogP contribution in [0.5, 0.6) is 0 Å². The van der Waals surface area contributed by atoms with Crippen LogP contribution in [0.2, 0.25) is 0 Å². The molecule has 5 rings (SSSR count). The zero-order chi connectivity index (χ0) is 27.0. The molecule has 2 aliphatic heterocycles. The molecule has 5 N–H and O–H groups in total. The molecule has 3 aromatic rings. The summed E-state index contributed by atoms with van der Waals surface area (Å²) in [4.78, 5) is 55.0. The van der Waals surface area contributed by atoms with Crippen molar-refractivity contribution in [2.45, 2.75) is 15.6 Å². The zero-order valence-corrected chi connectivity index (χ0v) is 22.3. The standard InChI is InChI=1S/C23H17N5O6S4/c24-23-25-12(9-37-23)16(27-34)19(30)26-17-20(31)28-18(22(32)33)10(8-36-21(17)28)5-6-35-15-7-13(29)11-3-1-2-4-14(11)38-15/h1-7,9,17,21,34H,8H2,(H2,24,25)(H,26,30)(H,32,33)/b6-5+,27-16+/t17?,21-/m1/s1. The number of thioether (sulfide) groups is 2. The Morgan fingerprint density at radius 1 is 1.29 bits per heavy atom. The molecule has 2 amide bonds. The summed E-state index contributed by atoms with van der Waals surface area (Å²) in [6.07, 6.45) is 1.62. The Balaban J connectivity index is 1.31. The first-order valence-corrected chi connectivity index (χ1v) is 14.4. The number of carbonyl (C=O) groups is 3. The molecule has 194 valence electrons. The fraction of sp³-hybridized carbons (Fsp3) is 0.130. The summed E-state index contributed by atoms with van der Waals surface area (Å²) in [5.41, 5.74) is 5.37. The lowest BCUT2D eigenvalue weighted by atomic mass is 10.0. The molecule has 4 heterocycles. The van der Waals surface area contributed by atoms with Crippen LogP contribution in [0.3, 0.4) is 0 Å². The minimum Gasteiger partial charge on any atom is -0.477 e. The van der Waals surface area contributed by atoms with Gasteiger partial charge in [-0.25, -0.2) is 9.78 Å². The maximum atomic E-state index is 12.9. The van der Waals surface area contributed by atoms with E-state index in [1.54, 1.807) is 23.6 Å². The number of aromatic nitrogens is 1. The van der Waals surface area contributed by atoms with Gasteiger partial charge in [-0.1, -0.05) is 29.1 Å². The SMILES string of the molecule is Nc1nc(/C(=N\O)C(=O)NC2C(=O)N3C(C(=O)O)=C(/C=C/Sc4cc(=O)c5ccccc5s4)CS[C@H]23)cs1. The molecule has 38 heavy (non-hydrogen) atoms. The highest BCUT2D eigenvalue weighted by molar-refractivity contribution is 8.04. The van der Waals surface area contributed by atoms with Gasteiger partial charge in [0.25, 0.3) is 11.8 Å². The summed E-state index contributed by atoms with van der Waals surface area (Å²) in [6, 6.07) is 7.82. The number of carbonyl (C=O) groups excluding carboxylic acids is 2. The topological polar surface area (TPSA) is 175 Å². The molecule has 2 atom stereocenters. The number of amides is 2. The van der Waals surface area contributed by atoms with Crippen molar-refractivity contribution in [3.8, 4) is 0 Å². The van der Waals surface area contributed by atoms with Crippen molar-refractivity contribution >= 4 is 84.9 Å². The number of carboxylic acids is 1. The van der Waals surface area contributed by atoms with Crippen LogP contribution in [0.25, 0.3) is 10.1 Å². The van der Waals surface area contributed by atoms with E-state index >= 15 is 0 Å². The van der Waals surface area contributed by atoms with Crippen molar-refractivity contribution in [3.63, 3.8) is 0 Å². The molecule has 1 aromatic carbocycles. The number of nitrogens with zero attached hydrogens (tertiary/aromatic N) is 3. The highest BCUT2D eigenvalue weighted by Gasteiger charge is 2.54. The Hall–Kier alpha value is -3.66. The smallest absolute Gasteiger partial charge is 0.352 e. The van der Waals surface area contributed by atoms with Crippen LogP contribution in [0, 0.1) is 0 Å². The molecule has 0 radical (unpaired) electrons. The largest absolute Gasteiger partial charge is 0.477 e. The molecule has 2 aromatic heterocycles. The average Bonchev–Trinajstić information content (AvgIpc) is 3.32. The third kappa shape index (κ3) is 4.80. The molecule has 0 spiro atoms. The van der Waals surface area contributed by atoms with Crippen LogP contribution < -0.4 is 16.5 Å². The zero-order valence-electron chi connectivity index (χ0n) is 19.1. The number of carboxylic acid groups (broad SMARTS) is 1. The highest BCUT2D eigenvalue weighted by Crippen LogP contribution is 2.41. The van der Waals surface area contributed by atoms with Gasteiger partial charge in [0.2, 0.25) is 0 Å². The molecular weight excluding hydrogens is 571 g/mol. The number of β-lactam (4-membered cyclic amide) rings is 1.